The van der Waals surface area contributed by atoms with Crippen molar-refractivity contribution < 1.29 is 4.74 Å². The Bertz CT molecular complexity index is 451. The summed E-state index contributed by atoms with van der Waals surface area (Å²) in [6.45, 7) is 7.13. The molecular weight excluding hydrogens is 262 g/mol. The molecule has 1 aromatic rings. The maximum absolute atomic E-state index is 5.94. The molecule has 21 heavy (non-hydrogen) atoms. The number of methoxy groups -OCH3 is 1. The summed E-state index contributed by atoms with van der Waals surface area (Å²) in [5.74, 6) is 0.882. The largest absolute Gasteiger partial charge is 0.370 e. The molecule has 1 N–H and O–H groups in total. The van der Waals surface area contributed by atoms with Crippen molar-refractivity contribution in [2.75, 3.05) is 7.11 Å². The third-order valence-corrected chi connectivity index (χ3v) is 4.31. The van der Waals surface area contributed by atoms with Gasteiger partial charge in [-0.2, -0.15) is 0 Å². The molecule has 4 heteroatoms. The monoisotopic (exact) mass is 291 g/mol. The van der Waals surface area contributed by atoms with E-state index in [0.717, 1.165) is 36.6 Å². The minimum Gasteiger partial charge on any atom is -0.370 e. The van der Waals surface area contributed by atoms with Crippen LogP contribution in [0.15, 0.2) is 6.07 Å². The summed E-state index contributed by atoms with van der Waals surface area (Å²) in [4.78, 5) is 9.52. The first-order chi connectivity index (χ1) is 10.1. The Labute approximate surface area is 128 Å². The number of rotatable bonds is 5. The van der Waals surface area contributed by atoms with Crippen LogP contribution in [0.1, 0.15) is 69.6 Å². The Morgan fingerprint density at radius 1 is 1.19 bits per heavy atom. The SMILES string of the molecule is COC1(c2nc(C)cc(CNC(C)C)n2)CCCCCC1. The summed E-state index contributed by atoms with van der Waals surface area (Å²) in [5, 5.41) is 3.43. The first-order valence-corrected chi connectivity index (χ1v) is 8.19. The average Bonchev–Trinajstić information content (AvgIpc) is 2.71. The summed E-state index contributed by atoms with van der Waals surface area (Å²) in [6, 6.07) is 2.52. The number of nitrogens with zero attached hydrogens (tertiary/aromatic N) is 2. The van der Waals surface area contributed by atoms with E-state index >= 15 is 0 Å². The third-order valence-electron chi connectivity index (χ3n) is 4.31. The highest BCUT2D eigenvalue weighted by molar-refractivity contribution is 5.15. The molecule has 0 aromatic carbocycles. The van der Waals surface area contributed by atoms with E-state index in [1.54, 1.807) is 0 Å². The van der Waals surface area contributed by atoms with Gasteiger partial charge in [0.05, 0.1) is 5.69 Å². The van der Waals surface area contributed by atoms with Gasteiger partial charge in [0, 0.05) is 25.4 Å². The fourth-order valence-corrected chi connectivity index (χ4v) is 3.06. The molecule has 1 aliphatic carbocycles. The first-order valence-electron chi connectivity index (χ1n) is 8.19. The smallest absolute Gasteiger partial charge is 0.160 e. The van der Waals surface area contributed by atoms with Gasteiger partial charge in [0.15, 0.2) is 5.82 Å². The summed E-state index contributed by atoms with van der Waals surface area (Å²) in [6.07, 6.45) is 7.04. The van der Waals surface area contributed by atoms with E-state index in [1.165, 1.54) is 25.7 Å². The summed E-state index contributed by atoms with van der Waals surface area (Å²) in [7, 11) is 1.81. The number of hydrogen-bond donors (Lipinski definition) is 1. The Morgan fingerprint density at radius 3 is 2.43 bits per heavy atom. The number of aromatic nitrogens is 2. The predicted molar refractivity (Wildman–Crippen MR) is 85.1 cm³/mol. The van der Waals surface area contributed by atoms with Crippen LogP contribution in [0.2, 0.25) is 0 Å². The Hall–Kier alpha value is -1.00. The highest BCUT2D eigenvalue weighted by atomic mass is 16.5. The standard InChI is InChI=1S/C17H29N3O/c1-13(2)18-12-15-11-14(3)19-16(20-15)17(21-4)9-7-5-6-8-10-17/h11,13,18H,5-10,12H2,1-4H3. The average molecular weight is 291 g/mol. The molecule has 1 aliphatic rings. The molecule has 118 valence electrons. The second kappa shape index (κ2) is 7.32. The minimum atomic E-state index is -0.283. The van der Waals surface area contributed by atoms with Crippen molar-refractivity contribution in [1.82, 2.24) is 15.3 Å². The van der Waals surface area contributed by atoms with E-state index in [2.05, 4.69) is 25.2 Å². The Morgan fingerprint density at radius 2 is 1.86 bits per heavy atom. The van der Waals surface area contributed by atoms with Crippen molar-refractivity contribution in [3.05, 3.63) is 23.3 Å². The van der Waals surface area contributed by atoms with E-state index in [4.69, 9.17) is 14.7 Å². The zero-order chi connectivity index (χ0) is 15.3. The van der Waals surface area contributed by atoms with E-state index in [0.29, 0.717) is 6.04 Å². The molecule has 0 atom stereocenters. The topological polar surface area (TPSA) is 47.0 Å². The van der Waals surface area contributed by atoms with Crippen molar-refractivity contribution >= 4 is 0 Å². The fourth-order valence-electron chi connectivity index (χ4n) is 3.06. The normalized spacial score (nSPS) is 18.7. The van der Waals surface area contributed by atoms with Gasteiger partial charge in [-0.05, 0) is 25.8 Å². The second-order valence-corrected chi connectivity index (χ2v) is 6.47. The van der Waals surface area contributed by atoms with Crippen molar-refractivity contribution in [2.45, 2.75) is 77.5 Å². The Kier molecular flexibility index (Phi) is 5.71. The lowest BCUT2D eigenvalue weighted by Gasteiger charge is -2.30. The van der Waals surface area contributed by atoms with Gasteiger partial charge in [0.1, 0.15) is 5.60 Å². The number of ether oxygens (including phenoxy) is 1. The van der Waals surface area contributed by atoms with E-state index in [1.807, 2.05) is 14.0 Å². The molecule has 0 spiro atoms. The van der Waals surface area contributed by atoms with E-state index < -0.39 is 0 Å². The lowest BCUT2D eigenvalue weighted by atomic mass is 9.93. The zero-order valence-corrected chi connectivity index (χ0v) is 13.9. The molecule has 1 fully saturated rings. The van der Waals surface area contributed by atoms with Crippen LogP contribution in [0.5, 0.6) is 0 Å². The highest BCUT2D eigenvalue weighted by Gasteiger charge is 2.36. The van der Waals surface area contributed by atoms with Crippen molar-refractivity contribution in [2.24, 2.45) is 0 Å². The summed E-state index contributed by atoms with van der Waals surface area (Å²) < 4.78 is 5.94. The maximum atomic E-state index is 5.94. The van der Waals surface area contributed by atoms with Gasteiger partial charge < -0.3 is 10.1 Å². The van der Waals surface area contributed by atoms with Crippen LogP contribution in [0, 0.1) is 6.92 Å². The van der Waals surface area contributed by atoms with Gasteiger partial charge in [-0.1, -0.05) is 39.5 Å². The molecule has 0 saturated heterocycles. The third kappa shape index (κ3) is 4.24. The fraction of sp³-hybridized carbons (Fsp3) is 0.765. The van der Waals surface area contributed by atoms with Gasteiger partial charge in [0.25, 0.3) is 0 Å². The summed E-state index contributed by atoms with van der Waals surface area (Å²) >= 11 is 0. The molecule has 0 radical (unpaired) electrons. The predicted octanol–water partition coefficient (Wildman–Crippen LogP) is 3.48. The molecule has 1 saturated carbocycles. The number of aryl methyl sites for hydroxylation is 1. The van der Waals surface area contributed by atoms with Crippen LogP contribution in [0.25, 0.3) is 0 Å². The van der Waals surface area contributed by atoms with Gasteiger partial charge in [0.2, 0.25) is 0 Å². The van der Waals surface area contributed by atoms with Crippen LogP contribution >= 0.6 is 0 Å². The summed E-state index contributed by atoms with van der Waals surface area (Å²) in [5.41, 5.74) is 1.81. The van der Waals surface area contributed by atoms with Gasteiger partial charge in [-0.3, -0.25) is 0 Å². The molecule has 1 aromatic heterocycles. The zero-order valence-electron chi connectivity index (χ0n) is 13.9. The van der Waals surface area contributed by atoms with Crippen molar-refractivity contribution in [3.63, 3.8) is 0 Å². The van der Waals surface area contributed by atoms with Gasteiger partial charge >= 0.3 is 0 Å². The second-order valence-electron chi connectivity index (χ2n) is 6.47. The van der Waals surface area contributed by atoms with Gasteiger partial charge in [-0.15, -0.1) is 0 Å². The van der Waals surface area contributed by atoms with E-state index in [-0.39, 0.29) is 5.60 Å². The van der Waals surface area contributed by atoms with Gasteiger partial charge in [-0.25, -0.2) is 9.97 Å². The molecule has 0 unspecified atom stereocenters. The van der Waals surface area contributed by atoms with Crippen molar-refractivity contribution in [1.29, 1.82) is 0 Å². The molecule has 4 nitrogen and oxygen atoms in total. The van der Waals surface area contributed by atoms with Crippen LogP contribution in [0.3, 0.4) is 0 Å². The molecule has 0 aliphatic heterocycles. The molecule has 1 heterocycles. The first kappa shape index (κ1) is 16.4. The minimum absolute atomic E-state index is 0.283. The Balaban J connectivity index is 2.27. The lowest BCUT2D eigenvalue weighted by molar-refractivity contribution is -0.0354. The molecule has 2 rings (SSSR count). The maximum Gasteiger partial charge on any atom is 0.160 e. The van der Waals surface area contributed by atoms with Crippen LogP contribution in [-0.2, 0) is 16.9 Å². The molecular formula is C17H29N3O. The van der Waals surface area contributed by atoms with Crippen LogP contribution in [-0.4, -0.2) is 23.1 Å². The van der Waals surface area contributed by atoms with E-state index in [9.17, 15) is 0 Å². The molecule has 0 amide bonds. The number of hydrogen-bond acceptors (Lipinski definition) is 4. The lowest BCUT2D eigenvalue weighted by Crippen LogP contribution is -2.32. The highest BCUT2D eigenvalue weighted by Crippen LogP contribution is 2.37. The van der Waals surface area contributed by atoms with Crippen LogP contribution in [0.4, 0.5) is 0 Å². The quantitative estimate of drug-likeness (QED) is 0.844. The van der Waals surface area contributed by atoms with Crippen LogP contribution < -0.4 is 5.32 Å². The number of nitrogens with one attached hydrogen (secondary N) is 1. The molecule has 0 bridgehead atoms. The van der Waals surface area contributed by atoms with Crippen molar-refractivity contribution in [3.8, 4) is 0 Å².